The van der Waals surface area contributed by atoms with Gasteiger partial charge in [0.15, 0.2) is 0 Å². The van der Waals surface area contributed by atoms with E-state index in [1.54, 1.807) is 12.1 Å². The standard InChI is InChI=1S/C13H17BrN2O2/c1-9-3-2-4-10(9)8-15-12-7-11(14)5-6-13(12)16(17)18/h5-7,9-10,15H,2-4,8H2,1H3. The first-order chi connectivity index (χ1) is 8.58. The average molecular weight is 313 g/mol. The van der Waals surface area contributed by atoms with Crippen LogP contribution in [0.5, 0.6) is 0 Å². The summed E-state index contributed by atoms with van der Waals surface area (Å²) in [5.74, 6) is 1.34. The van der Waals surface area contributed by atoms with Crippen molar-refractivity contribution in [1.82, 2.24) is 0 Å². The third-order valence-corrected chi connectivity index (χ3v) is 4.24. The summed E-state index contributed by atoms with van der Waals surface area (Å²) in [6.07, 6.45) is 3.76. The summed E-state index contributed by atoms with van der Waals surface area (Å²) < 4.78 is 0.857. The number of halogens is 1. The van der Waals surface area contributed by atoms with Gasteiger partial charge in [0.2, 0.25) is 0 Å². The fraction of sp³-hybridized carbons (Fsp3) is 0.538. The largest absolute Gasteiger partial charge is 0.379 e. The van der Waals surface area contributed by atoms with E-state index in [0.29, 0.717) is 17.5 Å². The van der Waals surface area contributed by atoms with Gasteiger partial charge in [0, 0.05) is 17.1 Å². The summed E-state index contributed by atoms with van der Waals surface area (Å²) in [5.41, 5.74) is 0.748. The smallest absolute Gasteiger partial charge is 0.292 e. The maximum atomic E-state index is 10.9. The Morgan fingerprint density at radius 2 is 2.28 bits per heavy atom. The Hall–Kier alpha value is -1.10. The Labute approximate surface area is 115 Å². The van der Waals surface area contributed by atoms with E-state index in [1.807, 2.05) is 0 Å². The minimum atomic E-state index is -0.340. The van der Waals surface area contributed by atoms with Crippen molar-refractivity contribution in [2.75, 3.05) is 11.9 Å². The third kappa shape index (κ3) is 3.02. The highest BCUT2D eigenvalue weighted by Crippen LogP contribution is 2.33. The molecule has 2 atom stereocenters. The highest BCUT2D eigenvalue weighted by molar-refractivity contribution is 9.10. The molecule has 2 rings (SSSR count). The first-order valence-electron chi connectivity index (χ1n) is 6.25. The molecule has 1 saturated carbocycles. The zero-order valence-corrected chi connectivity index (χ0v) is 11.9. The lowest BCUT2D eigenvalue weighted by atomic mass is 9.98. The lowest BCUT2D eigenvalue weighted by Gasteiger charge is -2.16. The van der Waals surface area contributed by atoms with Crippen LogP contribution >= 0.6 is 15.9 Å². The molecule has 0 saturated heterocycles. The minimum Gasteiger partial charge on any atom is -0.379 e. The SMILES string of the molecule is CC1CCCC1CNc1cc(Br)ccc1[N+](=O)[O-]. The van der Waals surface area contributed by atoms with Crippen molar-refractivity contribution in [2.45, 2.75) is 26.2 Å². The van der Waals surface area contributed by atoms with Crippen molar-refractivity contribution in [3.8, 4) is 0 Å². The molecule has 0 aliphatic heterocycles. The number of hydrogen-bond donors (Lipinski definition) is 1. The Morgan fingerprint density at radius 1 is 1.50 bits per heavy atom. The van der Waals surface area contributed by atoms with Gasteiger partial charge in [-0.1, -0.05) is 35.7 Å². The van der Waals surface area contributed by atoms with Gasteiger partial charge in [-0.15, -0.1) is 0 Å². The monoisotopic (exact) mass is 312 g/mol. The number of nitrogens with one attached hydrogen (secondary N) is 1. The van der Waals surface area contributed by atoms with Gasteiger partial charge in [0.05, 0.1) is 4.92 Å². The molecule has 1 aliphatic rings. The van der Waals surface area contributed by atoms with Crippen LogP contribution in [-0.4, -0.2) is 11.5 Å². The van der Waals surface area contributed by atoms with E-state index in [2.05, 4.69) is 28.2 Å². The third-order valence-electron chi connectivity index (χ3n) is 3.75. The Balaban J connectivity index is 2.08. The predicted molar refractivity (Wildman–Crippen MR) is 75.8 cm³/mol. The van der Waals surface area contributed by atoms with Gasteiger partial charge in [-0.3, -0.25) is 10.1 Å². The van der Waals surface area contributed by atoms with Gasteiger partial charge in [0.1, 0.15) is 5.69 Å². The van der Waals surface area contributed by atoms with Gasteiger partial charge < -0.3 is 5.32 Å². The lowest BCUT2D eigenvalue weighted by molar-refractivity contribution is -0.384. The molecule has 2 unspecified atom stereocenters. The number of nitro groups is 1. The molecule has 1 aromatic carbocycles. The zero-order chi connectivity index (χ0) is 13.1. The molecular weight excluding hydrogens is 296 g/mol. The van der Waals surface area contributed by atoms with E-state index in [1.165, 1.54) is 25.3 Å². The minimum absolute atomic E-state index is 0.142. The fourth-order valence-electron chi connectivity index (χ4n) is 2.58. The number of rotatable bonds is 4. The van der Waals surface area contributed by atoms with E-state index >= 15 is 0 Å². The molecule has 1 aromatic rings. The summed E-state index contributed by atoms with van der Waals surface area (Å²) >= 11 is 3.35. The number of nitrogens with zero attached hydrogens (tertiary/aromatic N) is 1. The van der Waals surface area contributed by atoms with E-state index in [0.717, 1.165) is 11.0 Å². The van der Waals surface area contributed by atoms with E-state index in [9.17, 15) is 10.1 Å². The van der Waals surface area contributed by atoms with Crippen LogP contribution < -0.4 is 5.32 Å². The summed E-state index contributed by atoms with van der Waals surface area (Å²) in [7, 11) is 0. The van der Waals surface area contributed by atoms with E-state index < -0.39 is 0 Å². The topological polar surface area (TPSA) is 55.2 Å². The second-order valence-electron chi connectivity index (χ2n) is 4.97. The normalized spacial score (nSPS) is 23.0. The van der Waals surface area contributed by atoms with Crippen LogP contribution in [0.1, 0.15) is 26.2 Å². The van der Waals surface area contributed by atoms with Gasteiger partial charge in [0.25, 0.3) is 5.69 Å². The maximum absolute atomic E-state index is 10.9. The van der Waals surface area contributed by atoms with Gasteiger partial charge >= 0.3 is 0 Å². The van der Waals surface area contributed by atoms with Crippen molar-refractivity contribution < 1.29 is 4.92 Å². The molecule has 1 aliphatic carbocycles. The Kier molecular flexibility index (Phi) is 4.22. The second kappa shape index (κ2) is 5.69. The van der Waals surface area contributed by atoms with Crippen molar-refractivity contribution in [2.24, 2.45) is 11.8 Å². The Bertz CT molecular complexity index is 451. The summed E-state index contributed by atoms with van der Waals surface area (Å²) in [5, 5.41) is 14.2. The van der Waals surface area contributed by atoms with Crippen molar-refractivity contribution in [1.29, 1.82) is 0 Å². The molecule has 1 fully saturated rings. The number of anilines is 1. The molecular formula is C13H17BrN2O2. The summed E-state index contributed by atoms with van der Waals surface area (Å²) in [6.45, 7) is 3.08. The molecule has 0 heterocycles. The van der Waals surface area contributed by atoms with Gasteiger partial charge in [-0.05, 0) is 30.4 Å². The van der Waals surface area contributed by atoms with Crippen LogP contribution in [0, 0.1) is 22.0 Å². The van der Waals surface area contributed by atoms with Crippen molar-refractivity contribution in [3.05, 3.63) is 32.8 Å². The molecule has 5 heteroatoms. The van der Waals surface area contributed by atoms with Crippen LogP contribution in [0.15, 0.2) is 22.7 Å². The van der Waals surface area contributed by atoms with Gasteiger partial charge in [-0.25, -0.2) is 0 Å². The molecule has 0 bridgehead atoms. The summed E-state index contributed by atoms with van der Waals surface area (Å²) in [4.78, 5) is 10.6. The van der Waals surface area contributed by atoms with Crippen LogP contribution in [0.4, 0.5) is 11.4 Å². The molecule has 18 heavy (non-hydrogen) atoms. The van der Waals surface area contributed by atoms with Crippen LogP contribution in [0.25, 0.3) is 0 Å². The maximum Gasteiger partial charge on any atom is 0.292 e. The summed E-state index contributed by atoms with van der Waals surface area (Å²) in [6, 6.07) is 5.00. The predicted octanol–water partition coefficient (Wildman–Crippen LogP) is 4.21. The molecule has 4 nitrogen and oxygen atoms in total. The highest BCUT2D eigenvalue weighted by atomic mass is 79.9. The quantitative estimate of drug-likeness (QED) is 0.669. The van der Waals surface area contributed by atoms with Gasteiger partial charge in [-0.2, -0.15) is 0 Å². The van der Waals surface area contributed by atoms with E-state index in [-0.39, 0.29) is 10.6 Å². The molecule has 0 amide bonds. The van der Waals surface area contributed by atoms with E-state index in [4.69, 9.17) is 0 Å². The fourth-order valence-corrected chi connectivity index (χ4v) is 2.94. The van der Waals surface area contributed by atoms with Crippen molar-refractivity contribution in [3.63, 3.8) is 0 Å². The number of nitro benzene ring substituents is 1. The molecule has 0 radical (unpaired) electrons. The lowest BCUT2D eigenvalue weighted by Crippen LogP contribution is -2.17. The van der Waals surface area contributed by atoms with Crippen LogP contribution in [-0.2, 0) is 0 Å². The molecule has 1 N–H and O–H groups in total. The molecule has 0 spiro atoms. The molecule has 0 aromatic heterocycles. The highest BCUT2D eigenvalue weighted by Gasteiger charge is 2.24. The van der Waals surface area contributed by atoms with Crippen molar-refractivity contribution >= 4 is 27.3 Å². The average Bonchev–Trinajstić information content (AvgIpc) is 2.72. The first-order valence-corrected chi connectivity index (χ1v) is 7.05. The van der Waals surface area contributed by atoms with Crippen LogP contribution in [0.3, 0.4) is 0 Å². The number of hydrogen-bond acceptors (Lipinski definition) is 3. The zero-order valence-electron chi connectivity index (χ0n) is 10.4. The second-order valence-corrected chi connectivity index (χ2v) is 5.88. The number of benzene rings is 1. The Morgan fingerprint density at radius 3 is 2.89 bits per heavy atom. The molecule has 98 valence electrons. The first kappa shape index (κ1) is 13.3. The van der Waals surface area contributed by atoms with Crippen LogP contribution in [0.2, 0.25) is 0 Å².